The van der Waals surface area contributed by atoms with Gasteiger partial charge in [-0.25, -0.2) is 4.79 Å². The monoisotopic (exact) mass is 410 g/mol. The minimum Gasteiger partial charge on any atom is -0.422 e. The maximum absolute atomic E-state index is 13.4. The number of carbonyl (C=O) groups excluding carboxylic acids is 1. The lowest BCUT2D eigenvalue weighted by molar-refractivity contribution is 0.0747. The van der Waals surface area contributed by atoms with E-state index < -0.39 is 5.63 Å². The molecule has 31 heavy (non-hydrogen) atoms. The highest BCUT2D eigenvalue weighted by molar-refractivity contribution is 6.01. The summed E-state index contributed by atoms with van der Waals surface area (Å²) in [4.78, 5) is 30.0. The topological polar surface area (TPSA) is 53.8 Å². The van der Waals surface area contributed by atoms with Gasteiger partial charge in [0.1, 0.15) is 5.76 Å². The lowest BCUT2D eigenvalue weighted by Gasteiger charge is -2.36. The average Bonchev–Trinajstić information content (AvgIpc) is 2.84. The molecule has 0 saturated carbocycles. The first kappa shape index (κ1) is 19.1. The van der Waals surface area contributed by atoms with Crippen molar-refractivity contribution in [3.05, 3.63) is 101 Å². The Hall–Kier alpha value is -3.86. The molecule has 0 atom stereocenters. The molecule has 0 spiro atoms. The normalized spacial score (nSPS) is 14.1. The Labute approximate surface area is 180 Å². The largest absolute Gasteiger partial charge is 0.422 e. The number of fused-ring (bicyclic) bond motifs is 1. The molecule has 1 amide bonds. The van der Waals surface area contributed by atoms with Gasteiger partial charge in [0.2, 0.25) is 0 Å². The first-order chi connectivity index (χ1) is 15.2. The van der Waals surface area contributed by atoms with Crippen molar-refractivity contribution in [2.45, 2.75) is 0 Å². The van der Waals surface area contributed by atoms with Crippen LogP contribution in [0.25, 0.3) is 22.1 Å². The van der Waals surface area contributed by atoms with Crippen LogP contribution < -0.4 is 10.5 Å². The third-order valence-electron chi connectivity index (χ3n) is 5.78. The van der Waals surface area contributed by atoms with Crippen LogP contribution in [0.4, 0.5) is 5.69 Å². The van der Waals surface area contributed by atoms with Crippen molar-refractivity contribution in [2.75, 3.05) is 31.1 Å². The Morgan fingerprint density at radius 3 is 2.26 bits per heavy atom. The summed E-state index contributed by atoms with van der Waals surface area (Å²) in [7, 11) is 0. The second kappa shape index (κ2) is 8.11. The molecular formula is C26H22N2O3. The fourth-order valence-corrected chi connectivity index (χ4v) is 4.13. The number of para-hydroxylation sites is 1. The summed E-state index contributed by atoms with van der Waals surface area (Å²) < 4.78 is 5.60. The number of amides is 1. The lowest BCUT2D eigenvalue weighted by atomic mass is 10.0. The Kier molecular flexibility index (Phi) is 5.00. The number of benzene rings is 3. The Balaban J connectivity index is 1.42. The minimum atomic E-state index is -0.396. The molecule has 5 nitrogen and oxygen atoms in total. The van der Waals surface area contributed by atoms with Crippen molar-refractivity contribution in [1.29, 1.82) is 0 Å². The van der Waals surface area contributed by atoms with E-state index in [1.807, 2.05) is 65.6 Å². The third kappa shape index (κ3) is 3.70. The summed E-state index contributed by atoms with van der Waals surface area (Å²) in [6.07, 6.45) is 0. The van der Waals surface area contributed by atoms with Crippen LogP contribution in [0.5, 0.6) is 0 Å². The van der Waals surface area contributed by atoms with Crippen LogP contribution in [-0.2, 0) is 0 Å². The molecule has 154 valence electrons. The van der Waals surface area contributed by atoms with Crippen molar-refractivity contribution in [1.82, 2.24) is 4.90 Å². The van der Waals surface area contributed by atoms with Crippen LogP contribution in [-0.4, -0.2) is 37.0 Å². The predicted octanol–water partition coefficient (Wildman–Crippen LogP) is 4.42. The van der Waals surface area contributed by atoms with Crippen molar-refractivity contribution in [2.24, 2.45) is 0 Å². The summed E-state index contributed by atoms with van der Waals surface area (Å²) in [6.45, 7) is 2.85. The summed E-state index contributed by atoms with van der Waals surface area (Å²) in [6, 6.07) is 26.7. The molecule has 3 aromatic carbocycles. The highest BCUT2D eigenvalue weighted by Crippen LogP contribution is 2.27. The highest BCUT2D eigenvalue weighted by atomic mass is 16.4. The van der Waals surface area contributed by atoms with Crippen LogP contribution in [0.1, 0.15) is 10.4 Å². The molecule has 0 radical (unpaired) electrons. The standard InChI is InChI=1S/C26H22N2O3/c29-25(28-16-14-27(15-17-28)20-9-2-1-3-10-20)23-13-7-6-12-22(23)24-18-19-8-4-5-11-21(19)26(30)31-24/h1-13,18H,14-17H2. The van der Waals surface area contributed by atoms with E-state index in [4.69, 9.17) is 4.42 Å². The number of hydrogen-bond acceptors (Lipinski definition) is 4. The number of nitrogens with zero attached hydrogens (tertiary/aromatic N) is 2. The quantitative estimate of drug-likeness (QED) is 0.502. The molecular weight excluding hydrogens is 388 g/mol. The molecule has 1 saturated heterocycles. The van der Waals surface area contributed by atoms with Crippen molar-refractivity contribution >= 4 is 22.4 Å². The molecule has 0 bridgehead atoms. The molecule has 1 aliphatic heterocycles. The average molecular weight is 410 g/mol. The lowest BCUT2D eigenvalue weighted by Crippen LogP contribution is -2.48. The summed E-state index contributed by atoms with van der Waals surface area (Å²) in [5, 5.41) is 1.33. The molecule has 0 unspecified atom stereocenters. The van der Waals surface area contributed by atoms with Gasteiger partial charge in [0.15, 0.2) is 0 Å². The zero-order valence-electron chi connectivity index (χ0n) is 17.0. The van der Waals surface area contributed by atoms with Gasteiger partial charge in [0.05, 0.1) is 10.9 Å². The van der Waals surface area contributed by atoms with E-state index >= 15 is 0 Å². The van der Waals surface area contributed by atoms with Crippen molar-refractivity contribution in [3.63, 3.8) is 0 Å². The van der Waals surface area contributed by atoms with Crippen LogP contribution in [0.3, 0.4) is 0 Å². The van der Waals surface area contributed by atoms with E-state index in [1.165, 1.54) is 5.69 Å². The molecule has 5 heteroatoms. The highest BCUT2D eigenvalue weighted by Gasteiger charge is 2.25. The Morgan fingerprint density at radius 2 is 1.45 bits per heavy atom. The van der Waals surface area contributed by atoms with Gasteiger partial charge in [0, 0.05) is 37.4 Å². The van der Waals surface area contributed by atoms with E-state index in [1.54, 1.807) is 12.1 Å². The van der Waals surface area contributed by atoms with Crippen LogP contribution in [0, 0.1) is 0 Å². The first-order valence-corrected chi connectivity index (χ1v) is 10.4. The maximum atomic E-state index is 13.4. The zero-order valence-corrected chi connectivity index (χ0v) is 17.0. The number of carbonyl (C=O) groups is 1. The van der Waals surface area contributed by atoms with E-state index in [2.05, 4.69) is 17.0 Å². The number of rotatable bonds is 3. The summed E-state index contributed by atoms with van der Waals surface area (Å²) in [5.41, 5.74) is 1.97. The van der Waals surface area contributed by atoms with E-state index in [0.29, 0.717) is 35.4 Å². The Morgan fingerprint density at radius 1 is 0.774 bits per heavy atom. The molecule has 1 aromatic heterocycles. The van der Waals surface area contributed by atoms with Gasteiger partial charge >= 0.3 is 5.63 Å². The van der Waals surface area contributed by atoms with Crippen LogP contribution in [0.2, 0.25) is 0 Å². The molecule has 1 fully saturated rings. The van der Waals surface area contributed by atoms with Gasteiger partial charge in [-0.3, -0.25) is 4.79 Å². The predicted molar refractivity (Wildman–Crippen MR) is 122 cm³/mol. The van der Waals surface area contributed by atoms with Crippen molar-refractivity contribution in [3.8, 4) is 11.3 Å². The maximum Gasteiger partial charge on any atom is 0.344 e. The number of anilines is 1. The minimum absolute atomic E-state index is 0.0425. The van der Waals surface area contributed by atoms with E-state index in [9.17, 15) is 9.59 Å². The third-order valence-corrected chi connectivity index (χ3v) is 5.78. The second-order valence-electron chi connectivity index (χ2n) is 7.65. The van der Waals surface area contributed by atoms with Gasteiger partial charge in [-0.2, -0.15) is 0 Å². The van der Waals surface area contributed by atoms with Crippen molar-refractivity contribution < 1.29 is 9.21 Å². The van der Waals surface area contributed by atoms with Crippen LogP contribution in [0.15, 0.2) is 94.1 Å². The van der Waals surface area contributed by atoms with Gasteiger partial charge in [-0.1, -0.05) is 54.6 Å². The zero-order chi connectivity index (χ0) is 21.2. The van der Waals surface area contributed by atoms with E-state index in [0.717, 1.165) is 18.5 Å². The molecule has 2 heterocycles. The summed E-state index contributed by atoms with van der Waals surface area (Å²) in [5.74, 6) is 0.370. The molecule has 1 aliphatic rings. The number of piperazine rings is 1. The SMILES string of the molecule is O=C(c1ccccc1-c1cc2ccccc2c(=O)o1)N1CCN(c2ccccc2)CC1. The first-order valence-electron chi connectivity index (χ1n) is 10.4. The fraction of sp³-hybridized carbons (Fsp3) is 0.154. The number of hydrogen-bond donors (Lipinski definition) is 0. The second-order valence-corrected chi connectivity index (χ2v) is 7.65. The van der Waals surface area contributed by atoms with Gasteiger partial charge in [-0.15, -0.1) is 0 Å². The fourth-order valence-electron chi connectivity index (χ4n) is 4.13. The van der Waals surface area contributed by atoms with Crippen LogP contribution >= 0.6 is 0 Å². The van der Waals surface area contributed by atoms with Gasteiger partial charge in [0.25, 0.3) is 5.91 Å². The molecule has 0 N–H and O–H groups in total. The molecule has 4 aromatic rings. The summed E-state index contributed by atoms with van der Waals surface area (Å²) >= 11 is 0. The molecule has 0 aliphatic carbocycles. The van der Waals surface area contributed by atoms with Gasteiger partial charge in [-0.05, 0) is 35.7 Å². The van der Waals surface area contributed by atoms with Gasteiger partial charge < -0.3 is 14.2 Å². The molecule has 5 rings (SSSR count). The smallest absolute Gasteiger partial charge is 0.344 e. The Bertz CT molecular complexity index is 1290. The van der Waals surface area contributed by atoms with E-state index in [-0.39, 0.29) is 5.91 Å².